The molecule has 0 bridgehead atoms. The van der Waals surface area contributed by atoms with Gasteiger partial charge in [-0.3, -0.25) is 4.79 Å². The molecule has 238 valence electrons. The van der Waals surface area contributed by atoms with Gasteiger partial charge in [-0.05, 0) is 48.4 Å². The molecule has 1 saturated carbocycles. The molecular formula is C37H40N4O5. The molecule has 1 aliphatic carbocycles. The Bertz CT molecular complexity index is 1740. The second-order valence-corrected chi connectivity index (χ2v) is 12.0. The smallest absolute Gasteiger partial charge is 0.274 e. The molecular weight excluding hydrogens is 580 g/mol. The van der Waals surface area contributed by atoms with Gasteiger partial charge in [0, 0.05) is 18.5 Å². The lowest BCUT2D eigenvalue weighted by atomic mass is 9.89. The van der Waals surface area contributed by atoms with Crippen molar-refractivity contribution in [2.45, 2.75) is 77.9 Å². The SMILES string of the molecule is CCNC(=O)c1noc(-c2cc(C(C)C)c(OCc3ccccc3)cc2OCc2ccccc2)c1-c1noc(C2CCCCC2)n1. The summed E-state index contributed by atoms with van der Waals surface area (Å²) in [4.78, 5) is 18.1. The molecule has 2 aromatic heterocycles. The maximum atomic E-state index is 13.3. The minimum atomic E-state index is -0.379. The average Bonchev–Trinajstić information content (AvgIpc) is 3.76. The van der Waals surface area contributed by atoms with Crippen LogP contribution in [0.25, 0.3) is 22.7 Å². The van der Waals surface area contributed by atoms with E-state index in [9.17, 15) is 4.79 Å². The van der Waals surface area contributed by atoms with Crippen LogP contribution in [0.5, 0.6) is 11.5 Å². The number of amides is 1. The summed E-state index contributed by atoms with van der Waals surface area (Å²) in [5.41, 5.74) is 4.10. The molecule has 9 heteroatoms. The first kappa shape index (κ1) is 31.1. The van der Waals surface area contributed by atoms with Crippen LogP contribution in [0.3, 0.4) is 0 Å². The predicted molar refractivity (Wildman–Crippen MR) is 175 cm³/mol. The van der Waals surface area contributed by atoms with Gasteiger partial charge in [0.15, 0.2) is 11.5 Å². The Kier molecular flexibility index (Phi) is 9.76. The number of nitrogens with zero attached hydrogens (tertiary/aromatic N) is 3. The Hall–Kier alpha value is -4.92. The first-order valence-corrected chi connectivity index (χ1v) is 16.1. The number of ether oxygens (including phenoxy) is 2. The zero-order chi connectivity index (χ0) is 31.9. The molecule has 1 fully saturated rings. The summed E-state index contributed by atoms with van der Waals surface area (Å²) in [6, 6.07) is 23.9. The summed E-state index contributed by atoms with van der Waals surface area (Å²) >= 11 is 0. The number of carbonyl (C=O) groups excluding carboxylic acids is 1. The topological polar surface area (TPSA) is 113 Å². The van der Waals surface area contributed by atoms with Crippen molar-refractivity contribution in [1.29, 1.82) is 0 Å². The van der Waals surface area contributed by atoms with Gasteiger partial charge in [0.1, 0.15) is 30.3 Å². The van der Waals surface area contributed by atoms with Crippen LogP contribution in [0.4, 0.5) is 0 Å². The van der Waals surface area contributed by atoms with Crippen LogP contribution in [-0.4, -0.2) is 27.7 Å². The number of hydrogen-bond donors (Lipinski definition) is 1. The van der Waals surface area contributed by atoms with Gasteiger partial charge < -0.3 is 23.8 Å². The molecule has 46 heavy (non-hydrogen) atoms. The molecule has 0 radical (unpaired) electrons. The summed E-state index contributed by atoms with van der Waals surface area (Å²) in [6.45, 7) is 7.21. The minimum absolute atomic E-state index is 0.0948. The number of carbonyl (C=O) groups is 1. The van der Waals surface area contributed by atoms with E-state index in [1.54, 1.807) is 0 Å². The summed E-state index contributed by atoms with van der Waals surface area (Å²) in [5, 5.41) is 11.4. The summed E-state index contributed by atoms with van der Waals surface area (Å²) in [6.07, 6.45) is 5.47. The van der Waals surface area contributed by atoms with E-state index < -0.39 is 0 Å². The van der Waals surface area contributed by atoms with Gasteiger partial charge >= 0.3 is 0 Å². The van der Waals surface area contributed by atoms with Gasteiger partial charge in [0.25, 0.3) is 5.91 Å². The van der Waals surface area contributed by atoms with E-state index in [1.807, 2.05) is 79.7 Å². The average molecular weight is 621 g/mol. The first-order valence-electron chi connectivity index (χ1n) is 16.1. The second-order valence-electron chi connectivity index (χ2n) is 12.0. The van der Waals surface area contributed by atoms with Crippen LogP contribution in [0.2, 0.25) is 0 Å². The molecule has 0 unspecified atom stereocenters. The van der Waals surface area contributed by atoms with Crippen molar-refractivity contribution >= 4 is 5.91 Å². The lowest BCUT2D eigenvalue weighted by molar-refractivity contribution is 0.0947. The molecule has 5 aromatic rings. The molecule has 0 spiro atoms. The third-order valence-corrected chi connectivity index (χ3v) is 8.32. The molecule has 0 atom stereocenters. The van der Waals surface area contributed by atoms with Crippen LogP contribution in [0, 0.1) is 0 Å². The van der Waals surface area contributed by atoms with Gasteiger partial charge in [0.05, 0.1) is 5.56 Å². The first-order chi connectivity index (χ1) is 22.5. The van der Waals surface area contributed by atoms with E-state index in [-0.39, 0.29) is 29.3 Å². The summed E-state index contributed by atoms with van der Waals surface area (Å²) < 4.78 is 24.7. The fourth-order valence-corrected chi connectivity index (χ4v) is 5.85. The zero-order valence-electron chi connectivity index (χ0n) is 26.6. The summed E-state index contributed by atoms with van der Waals surface area (Å²) in [7, 11) is 0. The third kappa shape index (κ3) is 6.98. The standard InChI is InChI=1S/C37H40N4O5/c1-4-38-36(42)33-32(35-39-37(46-41-35)27-18-12-7-13-19-27)34(45-40-33)29-20-28(24(2)3)30(43-22-25-14-8-5-9-15-25)21-31(29)44-23-26-16-10-6-11-17-26/h5-6,8-11,14-17,20-21,24,27H,4,7,12-13,18-19,22-23H2,1-3H3,(H,38,42). The second kappa shape index (κ2) is 14.5. The van der Waals surface area contributed by atoms with Gasteiger partial charge in [-0.25, -0.2) is 0 Å². The monoisotopic (exact) mass is 620 g/mol. The minimum Gasteiger partial charge on any atom is -0.488 e. The number of nitrogens with one attached hydrogen (secondary N) is 1. The zero-order valence-corrected chi connectivity index (χ0v) is 26.6. The van der Waals surface area contributed by atoms with E-state index in [0.29, 0.717) is 54.0 Å². The Labute approximate surface area is 269 Å². The van der Waals surface area contributed by atoms with Crippen LogP contribution in [0.15, 0.2) is 81.8 Å². The molecule has 1 aliphatic rings. The van der Waals surface area contributed by atoms with Gasteiger partial charge in [-0.1, -0.05) is 104 Å². The van der Waals surface area contributed by atoms with Crippen molar-refractivity contribution in [2.75, 3.05) is 6.54 Å². The maximum Gasteiger partial charge on any atom is 0.274 e. The van der Waals surface area contributed by atoms with Gasteiger partial charge in [-0.2, -0.15) is 4.98 Å². The van der Waals surface area contributed by atoms with E-state index in [2.05, 4.69) is 29.5 Å². The van der Waals surface area contributed by atoms with Crippen LogP contribution >= 0.6 is 0 Å². The lowest BCUT2D eigenvalue weighted by Crippen LogP contribution is -2.23. The highest BCUT2D eigenvalue weighted by Gasteiger charge is 2.32. The normalized spacial score (nSPS) is 13.6. The fraction of sp³-hybridized carbons (Fsp3) is 0.351. The van der Waals surface area contributed by atoms with Gasteiger partial charge in [0.2, 0.25) is 11.7 Å². The predicted octanol–water partition coefficient (Wildman–Crippen LogP) is 8.47. The van der Waals surface area contributed by atoms with Crippen molar-refractivity contribution in [2.24, 2.45) is 0 Å². The molecule has 2 heterocycles. The van der Waals surface area contributed by atoms with Crippen molar-refractivity contribution in [3.05, 3.63) is 101 Å². The van der Waals surface area contributed by atoms with Gasteiger partial charge in [-0.15, -0.1) is 0 Å². The number of benzene rings is 3. The Morgan fingerprint density at radius 2 is 1.52 bits per heavy atom. The van der Waals surface area contributed by atoms with Crippen molar-refractivity contribution in [1.82, 2.24) is 20.6 Å². The molecule has 6 rings (SSSR count). The highest BCUT2D eigenvalue weighted by atomic mass is 16.5. The van der Waals surface area contributed by atoms with Crippen molar-refractivity contribution in [3.63, 3.8) is 0 Å². The molecule has 1 N–H and O–H groups in total. The number of aromatic nitrogens is 3. The quantitative estimate of drug-likeness (QED) is 0.148. The molecule has 3 aromatic carbocycles. The summed E-state index contributed by atoms with van der Waals surface area (Å²) in [5.74, 6) is 2.32. The Morgan fingerprint density at radius 1 is 0.870 bits per heavy atom. The van der Waals surface area contributed by atoms with E-state index >= 15 is 0 Å². The molecule has 9 nitrogen and oxygen atoms in total. The van der Waals surface area contributed by atoms with E-state index in [0.717, 1.165) is 42.4 Å². The highest BCUT2D eigenvalue weighted by molar-refractivity contribution is 6.01. The Morgan fingerprint density at radius 3 is 2.15 bits per heavy atom. The fourth-order valence-electron chi connectivity index (χ4n) is 5.85. The molecule has 1 amide bonds. The number of rotatable bonds is 12. The van der Waals surface area contributed by atoms with Crippen molar-refractivity contribution < 1.29 is 23.3 Å². The molecule has 0 aliphatic heterocycles. The Balaban J connectivity index is 1.46. The third-order valence-electron chi connectivity index (χ3n) is 8.32. The van der Waals surface area contributed by atoms with Crippen LogP contribution in [0.1, 0.15) is 97.8 Å². The van der Waals surface area contributed by atoms with Crippen LogP contribution < -0.4 is 14.8 Å². The lowest BCUT2D eigenvalue weighted by Gasteiger charge is -2.19. The van der Waals surface area contributed by atoms with Crippen LogP contribution in [-0.2, 0) is 13.2 Å². The largest absolute Gasteiger partial charge is 0.488 e. The van der Waals surface area contributed by atoms with E-state index in [4.69, 9.17) is 23.5 Å². The maximum absolute atomic E-state index is 13.3. The number of hydrogen-bond acceptors (Lipinski definition) is 8. The van der Waals surface area contributed by atoms with Crippen molar-refractivity contribution in [3.8, 4) is 34.2 Å². The highest BCUT2D eigenvalue weighted by Crippen LogP contribution is 2.44. The van der Waals surface area contributed by atoms with E-state index in [1.165, 1.54) is 6.42 Å². The molecule has 0 saturated heterocycles.